The molecule has 76 valence electrons. The molecule has 14 heavy (non-hydrogen) atoms. The van der Waals surface area contributed by atoms with Gasteiger partial charge in [-0.1, -0.05) is 53.8 Å². The zero-order valence-corrected chi connectivity index (χ0v) is 10.2. The van der Waals surface area contributed by atoms with E-state index >= 15 is 0 Å². The molecule has 0 heterocycles. The van der Waals surface area contributed by atoms with E-state index in [-0.39, 0.29) is 6.04 Å². The number of hydrogen-bond donors (Lipinski definition) is 1. The molecule has 1 atom stereocenters. The van der Waals surface area contributed by atoms with E-state index in [0.717, 1.165) is 0 Å². The number of hydrogen-bond acceptors (Lipinski definition) is 1. The second-order valence-corrected chi connectivity index (χ2v) is 8.77. The highest BCUT2D eigenvalue weighted by Gasteiger charge is 2.28. The van der Waals surface area contributed by atoms with Gasteiger partial charge in [-0.05, 0) is 6.92 Å². The summed E-state index contributed by atoms with van der Waals surface area (Å²) in [6.45, 7) is 10.8. The van der Waals surface area contributed by atoms with E-state index < -0.39 is 8.07 Å². The standard InChI is InChI=1S/C12H19NSi/c1-10(13)11(2)14(3,4)12-8-6-5-7-9-12/h5-10H,2,13H2,1,3-4H3/t10-/m1/s1. The zero-order valence-electron chi connectivity index (χ0n) is 9.25. The molecule has 2 N–H and O–H groups in total. The Morgan fingerprint density at radius 3 is 2.21 bits per heavy atom. The van der Waals surface area contributed by atoms with Crippen LogP contribution in [0.3, 0.4) is 0 Å². The molecular formula is C12H19NSi. The van der Waals surface area contributed by atoms with Gasteiger partial charge in [0.25, 0.3) is 0 Å². The van der Waals surface area contributed by atoms with Crippen LogP contribution in [-0.2, 0) is 0 Å². The van der Waals surface area contributed by atoms with Crippen molar-refractivity contribution in [2.75, 3.05) is 0 Å². The fourth-order valence-electron chi connectivity index (χ4n) is 1.61. The molecule has 2 heteroatoms. The Kier molecular flexibility index (Phi) is 3.29. The van der Waals surface area contributed by atoms with Crippen LogP contribution in [0.4, 0.5) is 0 Å². The Balaban J connectivity index is 3.02. The molecule has 0 unspecified atom stereocenters. The lowest BCUT2D eigenvalue weighted by atomic mass is 10.3. The summed E-state index contributed by atoms with van der Waals surface area (Å²) in [7, 11) is -1.57. The van der Waals surface area contributed by atoms with Crippen LogP contribution < -0.4 is 10.9 Å². The molecule has 0 aliphatic carbocycles. The van der Waals surface area contributed by atoms with Gasteiger partial charge in [0.15, 0.2) is 0 Å². The lowest BCUT2D eigenvalue weighted by Crippen LogP contribution is -2.48. The van der Waals surface area contributed by atoms with E-state index in [1.165, 1.54) is 10.4 Å². The molecule has 0 aliphatic rings. The average molecular weight is 205 g/mol. The molecule has 1 rings (SSSR count). The molecule has 0 bridgehead atoms. The molecule has 0 amide bonds. The van der Waals surface area contributed by atoms with E-state index in [0.29, 0.717) is 0 Å². The third-order valence-corrected chi connectivity index (χ3v) is 6.69. The minimum Gasteiger partial charge on any atom is -0.325 e. The monoisotopic (exact) mass is 205 g/mol. The molecule has 0 saturated carbocycles. The maximum atomic E-state index is 5.89. The Labute approximate surface area is 87.7 Å². The first kappa shape index (κ1) is 11.2. The molecule has 0 radical (unpaired) electrons. The average Bonchev–Trinajstić information content (AvgIpc) is 2.18. The largest absolute Gasteiger partial charge is 0.325 e. The van der Waals surface area contributed by atoms with Crippen molar-refractivity contribution in [3.8, 4) is 0 Å². The highest BCUT2D eigenvalue weighted by atomic mass is 28.3. The molecule has 0 aliphatic heterocycles. The second kappa shape index (κ2) is 4.11. The van der Waals surface area contributed by atoms with Crippen LogP contribution in [0.5, 0.6) is 0 Å². The first-order chi connectivity index (χ1) is 6.46. The van der Waals surface area contributed by atoms with Crippen molar-refractivity contribution in [2.45, 2.75) is 26.1 Å². The van der Waals surface area contributed by atoms with Crippen molar-refractivity contribution < 1.29 is 0 Å². The van der Waals surface area contributed by atoms with Gasteiger partial charge in [-0.15, -0.1) is 6.58 Å². The molecule has 1 nitrogen and oxygen atoms in total. The number of nitrogens with two attached hydrogens (primary N) is 1. The quantitative estimate of drug-likeness (QED) is 0.751. The second-order valence-electron chi connectivity index (χ2n) is 4.30. The third kappa shape index (κ3) is 2.14. The molecular weight excluding hydrogens is 186 g/mol. The van der Waals surface area contributed by atoms with Gasteiger partial charge in [-0.2, -0.15) is 0 Å². The van der Waals surface area contributed by atoms with Gasteiger partial charge in [0.2, 0.25) is 0 Å². The van der Waals surface area contributed by atoms with Crippen molar-refractivity contribution in [1.29, 1.82) is 0 Å². The van der Waals surface area contributed by atoms with Crippen LogP contribution in [-0.4, -0.2) is 14.1 Å². The third-order valence-electron chi connectivity index (χ3n) is 2.85. The van der Waals surface area contributed by atoms with Crippen molar-refractivity contribution >= 4 is 13.3 Å². The SMILES string of the molecule is C=C([C@@H](C)N)[Si](C)(C)c1ccccc1. The van der Waals surface area contributed by atoms with E-state index in [1.807, 2.05) is 13.0 Å². The first-order valence-electron chi connectivity index (χ1n) is 4.96. The van der Waals surface area contributed by atoms with Crippen molar-refractivity contribution in [3.63, 3.8) is 0 Å². The minimum absolute atomic E-state index is 0.0943. The minimum atomic E-state index is -1.57. The van der Waals surface area contributed by atoms with E-state index in [4.69, 9.17) is 5.73 Å². The fraction of sp³-hybridized carbons (Fsp3) is 0.333. The summed E-state index contributed by atoms with van der Waals surface area (Å²) < 4.78 is 0. The van der Waals surface area contributed by atoms with Crippen LogP contribution in [0, 0.1) is 0 Å². The number of rotatable bonds is 3. The van der Waals surface area contributed by atoms with Gasteiger partial charge in [-0.25, -0.2) is 0 Å². The summed E-state index contributed by atoms with van der Waals surface area (Å²) in [4.78, 5) is 0. The maximum absolute atomic E-state index is 5.89. The zero-order chi connectivity index (χ0) is 10.8. The van der Waals surface area contributed by atoms with E-state index in [1.54, 1.807) is 0 Å². The smallest absolute Gasteiger partial charge is 0.108 e. The molecule has 0 spiro atoms. The normalized spacial score (nSPS) is 13.7. The van der Waals surface area contributed by atoms with Crippen LogP contribution in [0.25, 0.3) is 0 Å². The summed E-state index contributed by atoms with van der Waals surface area (Å²) in [6.07, 6.45) is 0. The Morgan fingerprint density at radius 2 is 1.79 bits per heavy atom. The molecule has 1 aromatic rings. The molecule has 0 aromatic heterocycles. The predicted molar refractivity (Wildman–Crippen MR) is 66.3 cm³/mol. The van der Waals surface area contributed by atoms with E-state index in [9.17, 15) is 0 Å². The van der Waals surface area contributed by atoms with Crippen molar-refractivity contribution in [3.05, 3.63) is 42.1 Å². The lowest BCUT2D eigenvalue weighted by Gasteiger charge is -2.28. The summed E-state index contributed by atoms with van der Waals surface area (Å²) >= 11 is 0. The van der Waals surface area contributed by atoms with Gasteiger partial charge >= 0.3 is 0 Å². The highest BCUT2D eigenvalue weighted by molar-refractivity contribution is 6.95. The van der Waals surface area contributed by atoms with Crippen LogP contribution >= 0.6 is 0 Å². The lowest BCUT2D eigenvalue weighted by molar-refractivity contribution is 0.902. The Morgan fingerprint density at radius 1 is 1.29 bits per heavy atom. The summed E-state index contributed by atoms with van der Waals surface area (Å²) in [5.74, 6) is 0. The summed E-state index contributed by atoms with van der Waals surface area (Å²) in [6, 6.07) is 10.7. The van der Waals surface area contributed by atoms with Crippen molar-refractivity contribution in [2.24, 2.45) is 5.73 Å². The van der Waals surface area contributed by atoms with Crippen LogP contribution in [0.15, 0.2) is 42.1 Å². The van der Waals surface area contributed by atoms with Gasteiger partial charge < -0.3 is 5.73 Å². The van der Waals surface area contributed by atoms with Gasteiger partial charge in [0.1, 0.15) is 8.07 Å². The Hall–Kier alpha value is -0.863. The topological polar surface area (TPSA) is 26.0 Å². The first-order valence-corrected chi connectivity index (χ1v) is 7.96. The molecule has 0 saturated heterocycles. The number of benzene rings is 1. The maximum Gasteiger partial charge on any atom is 0.108 e. The summed E-state index contributed by atoms with van der Waals surface area (Å²) in [5, 5.41) is 2.62. The van der Waals surface area contributed by atoms with Gasteiger partial charge in [-0.3, -0.25) is 0 Å². The fourth-order valence-corrected chi connectivity index (χ4v) is 4.14. The van der Waals surface area contributed by atoms with Crippen LogP contribution in [0.1, 0.15) is 6.92 Å². The summed E-state index contributed by atoms with van der Waals surface area (Å²) in [5.41, 5.74) is 5.89. The Bertz CT molecular complexity index is 314. The molecule has 0 fully saturated rings. The van der Waals surface area contributed by atoms with E-state index in [2.05, 4.69) is 43.9 Å². The van der Waals surface area contributed by atoms with Crippen molar-refractivity contribution in [1.82, 2.24) is 0 Å². The highest BCUT2D eigenvalue weighted by Crippen LogP contribution is 2.15. The van der Waals surface area contributed by atoms with Gasteiger partial charge in [0.05, 0.1) is 0 Å². The van der Waals surface area contributed by atoms with Crippen LogP contribution in [0.2, 0.25) is 13.1 Å². The predicted octanol–water partition coefficient (Wildman–Crippen LogP) is 2.04. The van der Waals surface area contributed by atoms with Gasteiger partial charge in [0, 0.05) is 6.04 Å². The molecule has 1 aromatic carbocycles.